The minimum absolute atomic E-state index is 0.0438. The highest BCUT2D eigenvalue weighted by atomic mass is 16.2. The summed E-state index contributed by atoms with van der Waals surface area (Å²) in [4.78, 5) is 31.8. The van der Waals surface area contributed by atoms with Crippen molar-refractivity contribution in [2.24, 2.45) is 5.92 Å². The van der Waals surface area contributed by atoms with Crippen LogP contribution in [0.4, 0.5) is 0 Å². The molecule has 0 radical (unpaired) electrons. The van der Waals surface area contributed by atoms with Gasteiger partial charge in [0.15, 0.2) is 0 Å². The first-order chi connectivity index (χ1) is 10.5. The molecule has 1 atom stereocenters. The van der Waals surface area contributed by atoms with Crippen molar-refractivity contribution >= 4 is 5.91 Å². The Labute approximate surface area is 139 Å². The molecule has 5 nitrogen and oxygen atoms in total. The third-order valence-corrected chi connectivity index (χ3v) is 3.83. The maximum atomic E-state index is 12.4. The van der Waals surface area contributed by atoms with Crippen molar-refractivity contribution in [3.05, 3.63) is 27.4 Å². The minimum atomic E-state index is -0.366. The van der Waals surface area contributed by atoms with E-state index in [9.17, 15) is 9.59 Å². The van der Waals surface area contributed by atoms with E-state index in [1.54, 1.807) is 6.92 Å². The Morgan fingerprint density at radius 2 is 1.83 bits per heavy atom. The van der Waals surface area contributed by atoms with Gasteiger partial charge in [0, 0.05) is 11.5 Å². The van der Waals surface area contributed by atoms with Gasteiger partial charge in [-0.25, -0.2) is 4.98 Å². The van der Waals surface area contributed by atoms with Crippen LogP contribution < -0.4 is 10.9 Å². The number of nitrogens with zero attached hydrogens (tertiary/aromatic N) is 1. The summed E-state index contributed by atoms with van der Waals surface area (Å²) < 4.78 is 0. The minimum Gasteiger partial charge on any atom is -0.349 e. The molecular weight excluding hydrogens is 290 g/mol. The zero-order chi connectivity index (χ0) is 17.8. The van der Waals surface area contributed by atoms with E-state index in [1.165, 1.54) is 0 Å². The van der Waals surface area contributed by atoms with Crippen LogP contribution in [0.1, 0.15) is 82.7 Å². The molecule has 0 aliphatic rings. The van der Waals surface area contributed by atoms with Gasteiger partial charge in [-0.15, -0.1) is 0 Å². The average molecular weight is 321 g/mol. The van der Waals surface area contributed by atoms with Gasteiger partial charge in [0.05, 0.1) is 5.69 Å². The van der Waals surface area contributed by atoms with Crippen molar-refractivity contribution in [1.29, 1.82) is 0 Å². The van der Waals surface area contributed by atoms with E-state index in [4.69, 9.17) is 0 Å². The Hall–Kier alpha value is -1.65. The molecule has 5 heteroatoms. The molecule has 0 bridgehead atoms. The van der Waals surface area contributed by atoms with Crippen LogP contribution in [0.15, 0.2) is 4.79 Å². The summed E-state index contributed by atoms with van der Waals surface area (Å²) in [6.07, 6.45) is 3.12. The molecule has 0 aliphatic carbocycles. The summed E-state index contributed by atoms with van der Waals surface area (Å²) in [5, 5.41) is 2.91. The van der Waals surface area contributed by atoms with Gasteiger partial charge in [-0.05, 0) is 26.2 Å². The number of aromatic amines is 1. The largest absolute Gasteiger partial charge is 0.349 e. The molecule has 0 saturated heterocycles. The fraction of sp³-hybridized carbons (Fsp3) is 0.722. The molecule has 0 fully saturated rings. The lowest BCUT2D eigenvalue weighted by molar-refractivity contribution is 0.0935. The molecule has 0 saturated carbocycles. The van der Waals surface area contributed by atoms with Gasteiger partial charge >= 0.3 is 0 Å². The van der Waals surface area contributed by atoms with Gasteiger partial charge in [0.1, 0.15) is 11.4 Å². The first kappa shape index (κ1) is 19.4. The smallest absolute Gasteiger partial charge is 0.264 e. The number of aromatic nitrogens is 2. The molecule has 1 unspecified atom stereocenters. The Kier molecular flexibility index (Phi) is 6.54. The summed E-state index contributed by atoms with van der Waals surface area (Å²) >= 11 is 0. The van der Waals surface area contributed by atoms with Crippen LogP contribution in [0.3, 0.4) is 0 Å². The summed E-state index contributed by atoms with van der Waals surface area (Å²) in [5.41, 5.74) is -0.0307. The molecule has 1 aromatic rings. The van der Waals surface area contributed by atoms with Crippen LogP contribution in [0.2, 0.25) is 0 Å². The standard InChI is InChI=1S/C18H31N3O2/c1-11(2)9-8-10-12(3)19-15(22)14-13(4)20-17(18(5,6)7)21-16(14)23/h11-12H,8-10H2,1-7H3,(H,19,22)(H,20,21,23). The van der Waals surface area contributed by atoms with E-state index in [2.05, 4.69) is 29.1 Å². The second-order valence-corrected chi connectivity index (χ2v) is 7.82. The van der Waals surface area contributed by atoms with Crippen molar-refractivity contribution in [1.82, 2.24) is 15.3 Å². The van der Waals surface area contributed by atoms with Crippen LogP contribution in [0, 0.1) is 12.8 Å². The number of carbonyl (C=O) groups excluding carboxylic acids is 1. The van der Waals surface area contributed by atoms with Gasteiger partial charge < -0.3 is 10.3 Å². The van der Waals surface area contributed by atoms with E-state index in [0.29, 0.717) is 17.4 Å². The van der Waals surface area contributed by atoms with Gasteiger partial charge in [-0.3, -0.25) is 9.59 Å². The van der Waals surface area contributed by atoms with Crippen molar-refractivity contribution in [3.63, 3.8) is 0 Å². The van der Waals surface area contributed by atoms with Gasteiger partial charge in [0.25, 0.3) is 11.5 Å². The van der Waals surface area contributed by atoms with Gasteiger partial charge in [0.2, 0.25) is 0 Å². The predicted molar refractivity (Wildman–Crippen MR) is 93.9 cm³/mol. The molecule has 1 amide bonds. The number of aryl methyl sites for hydroxylation is 1. The Balaban J connectivity index is 2.83. The fourth-order valence-corrected chi connectivity index (χ4v) is 2.41. The monoisotopic (exact) mass is 321 g/mol. The van der Waals surface area contributed by atoms with Crippen LogP contribution in [-0.2, 0) is 5.41 Å². The topological polar surface area (TPSA) is 74.8 Å². The fourth-order valence-electron chi connectivity index (χ4n) is 2.41. The number of nitrogens with one attached hydrogen (secondary N) is 2. The van der Waals surface area contributed by atoms with Crippen LogP contribution in [0.5, 0.6) is 0 Å². The van der Waals surface area contributed by atoms with Gasteiger partial charge in [-0.1, -0.05) is 47.5 Å². The molecule has 0 aromatic carbocycles. The second-order valence-electron chi connectivity index (χ2n) is 7.82. The number of hydrogen-bond acceptors (Lipinski definition) is 3. The van der Waals surface area contributed by atoms with Crippen LogP contribution in [-0.4, -0.2) is 21.9 Å². The Morgan fingerprint density at radius 1 is 1.22 bits per heavy atom. The quantitative estimate of drug-likeness (QED) is 0.844. The van der Waals surface area contributed by atoms with Crippen molar-refractivity contribution in [3.8, 4) is 0 Å². The molecular formula is C18H31N3O2. The lowest BCUT2D eigenvalue weighted by Gasteiger charge is -2.19. The van der Waals surface area contributed by atoms with Crippen molar-refractivity contribution in [2.75, 3.05) is 0 Å². The lowest BCUT2D eigenvalue weighted by Crippen LogP contribution is -2.38. The highest BCUT2D eigenvalue weighted by Gasteiger charge is 2.22. The molecule has 23 heavy (non-hydrogen) atoms. The molecule has 130 valence electrons. The number of carbonyl (C=O) groups is 1. The van der Waals surface area contributed by atoms with Crippen molar-refractivity contribution in [2.45, 2.75) is 79.2 Å². The highest BCUT2D eigenvalue weighted by molar-refractivity contribution is 5.94. The molecule has 1 rings (SSSR count). The number of H-pyrrole nitrogens is 1. The predicted octanol–water partition coefficient (Wildman–Crippen LogP) is 3.32. The zero-order valence-electron chi connectivity index (χ0n) is 15.5. The van der Waals surface area contributed by atoms with E-state index in [0.717, 1.165) is 19.3 Å². The summed E-state index contributed by atoms with van der Waals surface area (Å²) in [6.45, 7) is 14.0. The van der Waals surface area contributed by atoms with E-state index >= 15 is 0 Å². The van der Waals surface area contributed by atoms with E-state index in [1.807, 2.05) is 27.7 Å². The number of amides is 1. The highest BCUT2D eigenvalue weighted by Crippen LogP contribution is 2.17. The Bertz CT molecular complexity index is 597. The van der Waals surface area contributed by atoms with Crippen molar-refractivity contribution < 1.29 is 4.79 Å². The zero-order valence-corrected chi connectivity index (χ0v) is 15.5. The molecule has 1 heterocycles. The van der Waals surface area contributed by atoms with E-state index in [-0.39, 0.29) is 28.5 Å². The Morgan fingerprint density at radius 3 is 2.30 bits per heavy atom. The van der Waals surface area contributed by atoms with E-state index < -0.39 is 0 Å². The molecule has 1 aromatic heterocycles. The normalized spacial score (nSPS) is 13.2. The molecule has 0 aliphatic heterocycles. The summed E-state index contributed by atoms with van der Waals surface area (Å²) in [5.74, 6) is 0.924. The molecule has 0 spiro atoms. The third-order valence-electron chi connectivity index (χ3n) is 3.83. The first-order valence-electron chi connectivity index (χ1n) is 8.44. The number of hydrogen-bond donors (Lipinski definition) is 2. The number of rotatable bonds is 6. The molecule has 2 N–H and O–H groups in total. The first-order valence-corrected chi connectivity index (χ1v) is 8.44. The van der Waals surface area contributed by atoms with Gasteiger partial charge in [-0.2, -0.15) is 0 Å². The third kappa shape index (κ3) is 5.81. The maximum absolute atomic E-state index is 12.4. The second kappa shape index (κ2) is 7.75. The summed E-state index contributed by atoms with van der Waals surface area (Å²) in [6, 6.07) is 0.0438. The SMILES string of the molecule is Cc1nc(C(C)(C)C)[nH]c(=O)c1C(=O)NC(C)CCCC(C)C. The summed E-state index contributed by atoms with van der Waals surface area (Å²) in [7, 11) is 0. The van der Waals surface area contributed by atoms with Crippen LogP contribution >= 0.6 is 0 Å². The van der Waals surface area contributed by atoms with Crippen LogP contribution in [0.25, 0.3) is 0 Å². The maximum Gasteiger partial charge on any atom is 0.264 e. The average Bonchev–Trinajstić information content (AvgIpc) is 2.35. The lowest BCUT2D eigenvalue weighted by atomic mass is 9.95.